The summed E-state index contributed by atoms with van der Waals surface area (Å²) in [5, 5.41) is 4.24. The first-order valence-electron chi connectivity index (χ1n) is 10.8. The third-order valence-corrected chi connectivity index (χ3v) is 10.7. The summed E-state index contributed by atoms with van der Waals surface area (Å²) in [6.45, 7) is 6.57. The normalized spacial score (nSPS) is 11.0. The summed E-state index contributed by atoms with van der Waals surface area (Å²) in [7, 11) is -0.139. The quantitative estimate of drug-likeness (QED) is 0.402. The Morgan fingerprint density at radius 3 is 1.41 bits per heavy atom. The first-order chi connectivity index (χ1) is 15.1. The Kier molecular flexibility index (Phi) is 7.77. The molecular formula is C29H30ClOP. The molecule has 0 radical (unpaired) electrons. The maximum absolute atomic E-state index is 5.70. The van der Waals surface area contributed by atoms with E-state index in [1.807, 2.05) is 0 Å². The van der Waals surface area contributed by atoms with E-state index in [1.54, 1.807) is 7.11 Å². The molecule has 0 aliphatic carbocycles. The Balaban J connectivity index is 0.00000289. The van der Waals surface area contributed by atoms with E-state index in [2.05, 4.69) is 118 Å². The van der Waals surface area contributed by atoms with Gasteiger partial charge in [0.25, 0.3) is 0 Å². The van der Waals surface area contributed by atoms with Gasteiger partial charge in [0.15, 0.2) is 0 Å². The van der Waals surface area contributed by atoms with Crippen LogP contribution in [0.2, 0.25) is 0 Å². The number of hydrogen-bond donors (Lipinski definition) is 0. The molecule has 0 bridgehead atoms. The summed E-state index contributed by atoms with van der Waals surface area (Å²) >= 11 is 0. The van der Waals surface area contributed by atoms with Crippen molar-refractivity contribution in [1.82, 2.24) is 0 Å². The molecule has 0 atom stereocenters. The van der Waals surface area contributed by atoms with Gasteiger partial charge >= 0.3 is 0 Å². The van der Waals surface area contributed by atoms with E-state index in [-0.39, 0.29) is 12.4 Å². The van der Waals surface area contributed by atoms with Gasteiger partial charge in [-0.25, -0.2) is 0 Å². The van der Waals surface area contributed by atoms with Crippen LogP contribution in [0.25, 0.3) is 0 Å². The lowest BCUT2D eigenvalue weighted by atomic mass is 10.00. The van der Waals surface area contributed by atoms with Gasteiger partial charge in [-0.05, 0) is 85.5 Å². The van der Waals surface area contributed by atoms with Gasteiger partial charge in [-0.15, -0.1) is 0 Å². The topological polar surface area (TPSA) is 9.23 Å². The van der Waals surface area contributed by atoms with E-state index < -0.39 is 7.26 Å². The highest BCUT2D eigenvalue weighted by Crippen LogP contribution is 2.58. The molecule has 0 N–H and O–H groups in total. The summed E-state index contributed by atoms with van der Waals surface area (Å²) in [5.41, 5.74) is 5.17. The molecule has 4 aromatic rings. The van der Waals surface area contributed by atoms with Gasteiger partial charge in [0.05, 0.1) is 13.3 Å². The molecule has 164 valence electrons. The van der Waals surface area contributed by atoms with E-state index >= 15 is 0 Å². The highest BCUT2D eigenvalue weighted by atomic mass is 35.5. The summed E-state index contributed by atoms with van der Waals surface area (Å²) in [6, 6.07) is 35.6. The standard InChI is InChI=1S/C29H30OP.ClH/c1-22-20-25(23(2)24(3)29(22)30-4)21-31(26-14-8-5-9-15-26,27-16-10-6-11-17-27)28-18-12-7-13-19-28;/h5-20H,21H2,1-4H3;1H/q+1;/p-1. The predicted molar refractivity (Wildman–Crippen MR) is 136 cm³/mol. The van der Waals surface area contributed by atoms with Crippen LogP contribution in [0.15, 0.2) is 97.1 Å². The van der Waals surface area contributed by atoms with Crippen molar-refractivity contribution in [2.75, 3.05) is 7.11 Å². The van der Waals surface area contributed by atoms with Gasteiger partial charge < -0.3 is 17.1 Å². The molecule has 3 heteroatoms. The first kappa shape index (κ1) is 24.1. The second-order valence-corrected chi connectivity index (χ2v) is 11.6. The van der Waals surface area contributed by atoms with Crippen LogP contribution < -0.4 is 33.1 Å². The molecule has 0 aromatic heterocycles. The Morgan fingerprint density at radius 2 is 1.03 bits per heavy atom. The van der Waals surface area contributed by atoms with Crippen LogP contribution in [0.4, 0.5) is 0 Å². The second-order valence-electron chi connectivity index (χ2n) is 8.11. The lowest BCUT2D eigenvalue weighted by molar-refractivity contribution is -0.00000653. The molecule has 0 spiro atoms. The maximum atomic E-state index is 5.70. The number of rotatable bonds is 6. The molecule has 0 amide bonds. The monoisotopic (exact) mass is 460 g/mol. The Labute approximate surface area is 199 Å². The largest absolute Gasteiger partial charge is 1.00 e. The maximum Gasteiger partial charge on any atom is 0.124 e. The van der Waals surface area contributed by atoms with Crippen LogP contribution in [-0.4, -0.2) is 7.11 Å². The zero-order valence-corrected chi connectivity index (χ0v) is 20.8. The number of aryl methyl sites for hydroxylation is 1. The fourth-order valence-electron chi connectivity index (χ4n) is 4.64. The molecule has 4 aromatic carbocycles. The van der Waals surface area contributed by atoms with Crippen LogP contribution in [0.5, 0.6) is 5.75 Å². The molecule has 0 heterocycles. The summed E-state index contributed by atoms with van der Waals surface area (Å²) in [6.07, 6.45) is 0.989. The second kappa shape index (κ2) is 10.3. The van der Waals surface area contributed by atoms with Gasteiger partial charge in [0.1, 0.15) is 28.9 Å². The average molecular weight is 461 g/mol. The third-order valence-electron chi connectivity index (χ3n) is 6.34. The molecule has 0 fully saturated rings. The zero-order chi connectivity index (χ0) is 21.8. The zero-order valence-electron chi connectivity index (χ0n) is 19.2. The molecule has 32 heavy (non-hydrogen) atoms. The fourth-order valence-corrected chi connectivity index (χ4v) is 8.97. The number of hydrogen-bond acceptors (Lipinski definition) is 1. The number of ether oxygens (including phenoxy) is 1. The van der Waals surface area contributed by atoms with Crippen molar-refractivity contribution in [2.24, 2.45) is 0 Å². The molecule has 1 nitrogen and oxygen atoms in total. The number of methoxy groups -OCH3 is 1. The van der Waals surface area contributed by atoms with E-state index in [0.717, 1.165) is 11.9 Å². The number of halogens is 1. The van der Waals surface area contributed by atoms with Crippen LogP contribution in [-0.2, 0) is 6.16 Å². The average Bonchev–Trinajstić information content (AvgIpc) is 2.82. The summed E-state index contributed by atoms with van der Waals surface area (Å²) in [5.74, 6) is 1.00. The molecule has 4 rings (SSSR count). The Morgan fingerprint density at radius 1 is 0.625 bits per heavy atom. The van der Waals surface area contributed by atoms with Gasteiger partial charge in [0, 0.05) is 0 Å². The summed E-state index contributed by atoms with van der Waals surface area (Å²) < 4.78 is 5.70. The van der Waals surface area contributed by atoms with Gasteiger partial charge in [0.2, 0.25) is 0 Å². The van der Waals surface area contributed by atoms with Crippen molar-refractivity contribution >= 4 is 23.2 Å². The van der Waals surface area contributed by atoms with Crippen molar-refractivity contribution < 1.29 is 17.1 Å². The molecule has 0 saturated heterocycles. The minimum Gasteiger partial charge on any atom is -1.00 e. The lowest BCUT2D eigenvalue weighted by Crippen LogP contribution is -3.00. The molecule has 0 aliphatic heterocycles. The third kappa shape index (κ3) is 4.33. The Bertz CT molecular complexity index is 1060. The van der Waals surface area contributed by atoms with Crippen molar-refractivity contribution in [3.8, 4) is 5.75 Å². The van der Waals surface area contributed by atoms with Crippen molar-refractivity contribution in [3.05, 3.63) is 119 Å². The predicted octanol–water partition coefficient (Wildman–Crippen LogP) is 3.12. The van der Waals surface area contributed by atoms with Crippen molar-refractivity contribution in [2.45, 2.75) is 26.9 Å². The van der Waals surface area contributed by atoms with E-state index in [0.29, 0.717) is 0 Å². The first-order valence-corrected chi connectivity index (χ1v) is 12.7. The van der Waals surface area contributed by atoms with Gasteiger partial charge in [-0.1, -0.05) is 54.6 Å². The van der Waals surface area contributed by atoms with Crippen LogP contribution in [0, 0.1) is 20.8 Å². The minimum atomic E-state index is -1.91. The fraction of sp³-hybridized carbons (Fsp3) is 0.172. The van der Waals surface area contributed by atoms with Gasteiger partial charge in [-0.2, -0.15) is 0 Å². The summed E-state index contributed by atoms with van der Waals surface area (Å²) in [4.78, 5) is 0. The number of benzene rings is 4. The minimum absolute atomic E-state index is 0. The Hall–Kier alpha value is -2.60. The molecule has 0 aliphatic rings. The molecular weight excluding hydrogens is 431 g/mol. The van der Waals surface area contributed by atoms with Crippen molar-refractivity contribution in [3.63, 3.8) is 0 Å². The van der Waals surface area contributed by atoms with E-state index in [1.165, 1.54) is 38.2 Å². The molecule has 0 saturated carbocycles. The highest BCUT2D eigenvalue weighted by molar-refractivity contribution is 7.95. The highest BCUT2D eigenvalue weighted by Gasteiger charge is 2.45. The van der Waals surface area contributed by atoms with Crippen LogP contribution in [0.1, 0.15) is 22.3 Å². The van der Waals surface area contributed by atoms with Gasteiger partial charge in [-0.3, -0.25) is 0 Å². The van der Waals surface area contributed by atoms with Crippen LogP contribution in [0.3, 0.4) is 0 Å². The van der Waals surface area contributed by atoms with E-state index in [4.69, 9.17) is 4.74 Å². The lowest BCUT2D eigenvalue weighted by Gasteiger charge is -2.29. The SMILES string of the molecule is COc1c(C)cc(C[P+](c2ccccc2)(c2ccccc2)c2ccccc2)c(C)c1C.[Cl-]. The van der Waals surface area contributed by atoms with E-state index in [9.17, 15) is 0 Å². The molecule has 0 unspecified atom stereocenters. The smallest absolute Gasteiger partial charge is 0.124 e. The van der Waals surface area contributed by atoms with Crippen molar-refractivity contribution in [1.29, 1.82) is 0 Å². The van der Waals surface area contributed by atoms with Crippen LogP contribution >= 0.6 is 7.26 Å².